The first-order chi connectivity index (χ1) is 6.36. The molecule has 1 aromatic rings. The molecule has 5 nitrogen and oxygen atoms in total. The third kappa shape index (κ3) is 2.29. The van der Waals surface area contributed by atoms with Gasteiger partial charge in [0.1, 0.15) is 6.33 Å². The summed E-state index contributed by atoms with van der Waals surface area (Å²) in [6, 6.07) is -0.307. The zero-order chi connectivity index (χ0) is 9.10. The molecule has 1 aromatic heterocycles. The molecule has 1 aliphatic carbocycles. The molecule has 1 amide bonds. The maximum Gasteiger partial charge on any atom is 0.350 e. The third-order valence-electron chi connectivity index (χ3n) is 1.91. The number of hydrogen-bond acceptors (Lipinski definition) is 3. The van der Waals surface area contributed by atoms with Crippen LogP contribution in [-0.2, 0) is 4.84 Å². The molecule has 1 saturated carbocycles. The Kier molecular flexibility index (Phi) is 2.27. The van der Waals surface area contributed by atoms with E-state index in [1.54, 1.807) is 12.4 Å². The molecular weight excluding hydrogens is 170 g/mol. The molecule has 2 rings (SSSR count). The lowest BCUT2D eigenvalue weighted by molar-refractivity contribution is 0.0545. The summed E-state index contributed by atoms with van der Waals surface area (Å²) < 4.78 is 1.33. The normalized spacial score (nSPS) is 15.7. The Balaban J connectivity index is 1.71. The van der Waals surface area contributed by atoms with Crippen molar-refractivity contribution in [3.8, 4) is 0 Å². The van der Waals surface area contributed by atoms with E-state index in [-0.39, 0.29) is 6.03 Å². The number of hydroxylamine groups is 1. The largest absolute Gasteiger partial charge is 0.350 e. The maximum absolute atomic E-state index is 11.2. The van der Waals surface area contributed by atoms with Crippen molar-refractivity contribution in [3.63, 3.8) is 0 Å². The first-order valence-electron chi connectivity index (χ1n) is 4.26. The number of nitrogens with zero attached hydrogens (tertiary/aromatic N) is 2. The molecule has 1 fully saturated rings. The molecule has 0 spiro atoms. The lowest BCUT2D eigenvalue weighted by atomic mass is 10.5. The van der Waals surface area contributed by atoms with Crippen LogP contribution in [0.5, 0.6) is 0 Å². The first-order valence-corrected chi connectivity index (χ1v) is 4.26. The highest BCUT2D eigenvalue weighted by Crippen LogP contribution is 2.28. The van der Waals surface area contributed by atoms with Crippen molar-refractivity contribution in [1.82, 2.24) is 15.0 Å². The van der Waals surface area contributed by atoms with Gasteiger partial charge in [-0.15, -0.1) is 0 Å². The highest BCUT2D eigenvalue weighted by molar-refractivity contribution is 5.75. The van der Waals surface area contributed by atoms with E-state index in [2.05, 4.69) is 10.5 Å². The summed E-state index contributed by atoms with van der Waals surface area (Å²) >= 11 is 0. The predicted octanol–water partition coefficient (Wildman–Crippen LogP) is 0.782. The van der Waals surface area contributed by atoms with E-state index in [1.165, 1.54) is 23.7 Å². The molecule has 0 radical (unpaired) electrons. The standard InChI is InChI=1S/C8H11N3O2/c12-8(11-4-3-9-6-11)10-13-5-7-1-2-7/h3-4,6-7H,1-2,5H2,(H,10,12). The molecule has 13 heavy (non-hydrogen) atoms. The van der Waals surface area contributed by atoms with Gasteiger partial charge in [0.15, 0.2) is 0 Å². The quantitative estimate of drug-likeness (QED) is 0.701. The summed E-state index contributed by atoms with van der Waals surface area (Å²) in [6.07, 6.45) is 6.95. The van der Waals surface area contributed by atoms with Crippen LogP contribution in [0.4, 0.5) is 4.79 Å². The molecular formula is C8H11N3O2. The van der Waals surface area contributed by atoms with Crippen LogP contribution in [0.2, 0.25) is 0 Å². The fourth-order valence-electron chi connectivity index (χ4n) is 0.938. The summed E-state index contributed by atoms with van der Waals surface area (Å²) in [5.74, 6) is 0.642. The number of amides is 1. The molecule has 0 aromatic carbocycles. The Bertz CT molecular complexity index is 280. The average Bonchev–Trinajstić information content (AvgIpc) is 2.80. The Labute approximate surface area is 75.7 Å². The van der Waals surface area contributed by atoms with Crippen LogP contribution in [0.1, 0.15) is 12.8 Å². The zero-order valence-corrected chi connectivity index (χ0v) is 7.14. The minimum atomic E-state index is -0.307. The summed E-state index contributed by atoms with van der Waals surface area (Å²) in [4.78, 5) is 19.9. The van der Waals surface area contributed by atoms with Crippen molar-refractivity contribution in [1.29, 1.82) is 0 Å². The van der Waals surface area contributed by atoms with E-state index >= 15 is 0 Å². The van der Waals surface area contributed by atoms with Gasteiger partial charge < -0.3 is 0 Å². The SMILES string of the molecule is O=C(NOCC1CC1)n1ccnc1. The van der Waals surface area contributed by atoms with Gasteiger partial charge in [-0.05, 0) is 18.8 Å². The number of nitrogens with one attached hydrogen (secondary N) is 1. The molecule has 0 saturated heterocycles. The van der Waals surface area contributed by atoms with Crippen molar-refractivity contribution in [3.05, 3.63) is 18.7 Å². The monoisotopic (exact) mass is 181 g/mol. The number of hydrogen-bond donors (Lipinski definition) is 1. The number of imidazole rings is 1. The number of carbonyl (C=O) groups excluding carboxylic acids is 1. The maximum atomic E-state index is 11.2. The smallest absolute Gasteiger partial charge is 0.272 e. The Morgan fingerprint density at radius 2 is 2.54 bits per heavy atom. The summed E-state index contributed by atoms with van der Waals surface area (Å²) in [5.41, 5.74) is 2.34. The van der Waals surface area contributed by atoms with E-state index in [1.807, 2.05) is 0 Å². The fraction of sp³-hybridized carbons (Fsp3) is 0.500. The molecule has 0 bridgehead atoms. The van der Waals surface area contributed by atoms with Crippen molar-refractivity contribution in [2.75, 3.05) is 6.61 Å². The summed E-state index contributed by atoms with van der Waals surface area (Å²) in [5, 5.41) is 0. The number of carbonyl (C=O) groups is 1. The number of rotatable bonds is 3. The highest BCUT2D eigenvalue weighted by atomic mass is 16.7. The molecule has 70 valence electrons. The van der Waals surface area contributed by atoms with Crippen molar-refractivity contribution < 1.29 is 9.63 Å². The average molecular weight is 181 g/mol. The fourth-order valence-corrected chi connectivity index (χ4v) is 0.938. The first kappa shape index (κ1) is 8.25. The molecule has 5 heteroatoms. The highest BCUT2D eigenvalue weighted by Gasteiger charge is 2.21. The van der Waals surface area contributed by atoms with Gasteiger partial charge in [-0.2, -0.15) is 0 Å². The minimum absolute atomic E-state index is 0.307. The van der Waals surface area contributed by atoms with E-state index in [4.69, 9.17) is 4.84 Å². The van der Waals surface area contributed by atoms with Crippen LogP contribution in [0, 0.1) is 5.92 Å². The van der Waals surface area contributed by atoms with E-state index in [9.17, 15) is 4.79 Å². The van der Waals surface area contributed by atoms with Crippen LogP contribution in [0.15, 0.2) is 18.7 Å². The van der Waals surface area contributed by atoms with Gasteiger partial charge in [0.05, 0.1) is 6.61 Å². The minimum Gasteiger partial charge on any atom is -0.272 e. The summed E-state index contributed by atoms with van der Waals surface area (Å²) in [6.45, 7) is 0.612. The Morgan fingerprint density at radius 1 is 1.69 bits per heavy atom. The lowest BCUT2D eigenvalue weighted by Gasteiger charge is -2.04. The number of aromatic nitrogens is 2. The Morgan fingerprint density at radius 3 is 3.15 bits per heavy atom. The van der Waals surface area contributed by atoms with E-state index < -0.39 is 0 Å². The van der Waals surface area contributed by atoms with Crippen LogP contribution in [0.25, 0.3) is 0 Å². The van der Waals surface area contributed by atoms with Crippen LogP contribution in [0.3, 0.4) is 0 Å². The van der Waals surface area contributed by atoms with Crippen molar-refractivity contribution in [2.24, 2.45) is 5.92 Å². The van der Waals surface area contributed by atoms with Crippen LogP contribution < -0.4 is 5.48 Å². The van der Waals surface area contributed by atoms with Gasteiger partial charge in [0.2, 0.25) is 0 Å². The molecule has 0 unspecified atom stereocenters. The molecule has 1 heterocycles. The van der Waals surface area contributed by atoms with Gasteiger partial charge in [-0.25, -0.2) is 15.3 Å². The van der Waals surface area contributed by atoms with E-state index in [0.29, 0.717) is 12.5 Å². The van der Waals surface area contributed by atoms with Gasteiger partial charge in [-0.3, -0.25) is 9.40 Å². The molecule has 0 aliphatic heterocycles. The third-order valence-corrected chi connectivity index (χ3v) is 1.91. The van der Waals surface area contributed by atoms with Crippen molar-refractivity contribution >= 4 is 6.03 Å². The molecule has 1 aliphatic rings. The van der Waals surface area contributed by atoms with Gasteiger partial charge >= 0.3 is 6.03 Å². The van der Waals surface area contributed by atoms with Gasteiger partial charge in [-0.1, -0.05) is 0 Å². The lowest BCUT2D eigenvalue weighted by Crippen LogP contribution is -2.28. The molecule has 0 atom stereocenters. The van der Waals surface area contributed by atoms with Crippen LogP contribution >= 0.6 is 0 Å². The Hall–Kier alpha value is -1.36. The predicted molar refractivity (Wildman–Crippen MR) is 44.8 cm³/mol. The summed E-state index contributed by atoms with van der Waals surface area (Å²) in [7, 11) is 0. The van der Waals surface area contributed by atoms with Crippen molar-refractivity contribution in [2.45, 2.75) is 12.8 Å². The van der Waals surface area contributed by atoms with E-state index in [0.717, 1.165) is 0 Å². The van der Waals surface area contributed by atoms with Gasteiger partial charge in [0.25, 0.3) is 0 Å². The second-order valence-electron chi connectivity index (χ2n) is 3.13. The second-order valence-corrected chi connectivity index (χ2v) is 3.13. The molecule has 1 N–H and O–H groups in total. The van der Waals surface area contributed by atoms with Gasteiger partial charge in [0, 0.05) is 12.4 Å². The second kappa shape index (κ2) is 3.57. The van der Waals surface area contributed by atoms with Crippen LogP contribution in [-0.4, -0.2) is 22.2 Å². The zero-order valence-electron chi connectivity index (χ0n) is 7.14. The topological polar surface area (TPSA) is 56.1 Å².